The van der Waals surface area contributed by atoms with Gasteiger partial charge in [-0.05, 0) is 50.3 Å². The van der Waals surface area contributed by atoms with E-state index in [0.29, 0.717) is 5.75 Å². The number of rotatable bonds is 3. The molecule has 0 aromatic heterocycles. The Morgan fingerprint density at radius 3 is 2.57 bits per heavy atom. The Kier molecular flexibility index (Phi) is 5.72. The summed E-state index contributed by atoms with van der Waals surface area (Å²) in [6.07, 6.45) is 7.07. The van der Waals surface area contributed by atoms with Crippen molar-refractivity contribution in [2.24, 2.45) is 4.99 Å². The van der Waals surface area contributed by atoms with E-state index in [4.69, 9.17) is 4.99 Å². The van der Waals surface area contributed by atoms with Crippen molar-refractivity contribution in [1.29, 1.82) is 0 Å². The Balaban J connectivity index is 1.51. The van der Waals surface area contributed by atoms with Crippen LogP contribution < -0.4 is 10.6 Å². The van der Waals surface area contributed by atoms with Gasteiger partial charge in [0.1, 0.15) is 10.7 Å². The van der Waals surface area contributed by atoms with E-state index in [-0.39, 0.29) is 11.6 Å². The van der Waals surface area contributed by atoms with E-state index < -0.39 is 0 Å². The number of thioether (sulfide) groups is 1. The molecule has 0 saturated heterocycles. The summed E-state index contributed by atoms with van der Waals surface area (Å²) in [4.78, 5) is 17.7. The van der Waals surface area contributed by atoms with Crippen molar-refractivity contribution >= 4 is 34.1 Å². The number of aliphatic imine (C=N–C) groups is 1. The number of carbonyl (C=O) groups excluding carboxylic acids is 1. The second-order valence-electron chi connectivity index (χ2n) is 7.69. The molecule has 4 nitrogen and oxygen atoms in total. The number of hydrogen-bond acceptors (Lipinski definition) is 4. The fourth-order valence-electron chi connectivity index (χ4n) is 4.01. The summed E-state index contributed by atoms with van der Waals surface area (Å²) in [5.41, 5.74) is 3.98. The number of amides is 1. The summed E-state index contributed by atoms with van der Waals surface area (Å²) in [7, 11) is 0. The molecule has 1 heterocycles. The van der Waals surface area contributed by atoms with Crippen LogP contribution in [0, 0.1) is 6.92 Å². The predicted octanol–water partition coefficient (Wildman–Crippen LogP) is 5.59. The minimum Gasteiger partial charge on any atom is -0.361 e. The van der Waals surface area contributed by atoms with E-state index in [9.17, 15) is 4.79 Å². The SMILES string of the molecule is Cc1ccccc1NC(=O)CSC1=NC2(CCCCCC2)Nc2ccccc21. The summed E-state index contributed by atoms with van der Waals surface area (Å²) in [5, 5.41) is 7.72. The highest BCUT2D eigenvalue weighted by molar-refractivity contribution is 8.15. The van der Waals surface area contributed by atoms with Crippen LogP contribution in [0.3, 0.4) is 0 Å². The number of nitrogens with one attached hydrogen (secondary N) is 2. The van der Waals surface area contributed by atoms with Crippen LogP contribution >= 0.6 is 11.8 Å². The first-order valence-electron chi connectivity index (χ1n) is 10.1. The highest BCUT2D eigenvalue weighted by atomic mass is 32.2. The molecule has 4 rings (SSSR count). The molecule has 2 aromatic carbocycles. The fraction of sp³-hybridized carbons (Fsp3) is 0.391. The van der Waals surface area contributed by atoms with Crippen LogP contribution in [-0.2, 0) is 4.79 Å². The van der Waals surface area contributed by atoms with Gasteiger partial charge in [0.2, 0.25) is 5.91 Å². The zero-order valence-electron chi connectivity index (χ0n) is 16.3. The van der Waals surface area contributed by atoms with Gasteiger partial charge in [-0.15, -0.1) is 0 Å². The molecular weight excluding hydrogens is 366 g/mol. The number of nitrogens with zero attached hydrogens (tertiary/aromatic N) is 1. The Hall–Kier alpha value is -2.27. The van der Waals surface area contributed by atoms with Crippen molar-refractivity contribution in [3.05, 3.63) is 59.7 Å². The van der Waals surface area contributed by atoms with Crippen LogP contribution in [0.2, 0.25) is 0 Å². The number of anilines is 2. The predicted molar refractivity (Wildman–Crippen MR) is 119 cm³/mol. The van der Waals surface area contributed by atoms with Gasteiger partial charge >= 0.3 is 0 Å². The molecule has 1 saturated carbocycles. The van der Waals surface area contributed by atoms with Crippen molar-refractivity contribution in [3.63, 3.8) is 0 Å². The Morgan fingerprint density at radius 2 is 1.79 bits per heavy atom. The zero-order valence-corrected chi connectivity index (χ0v) is 17.1. The summed E-state index contributed by atoms with van der Waals surface area (Å²) in [6.45, 7) is 2.01. The molecule has 2 aliphatic rings. The van der Waals surface area contributed by atoms with Gasteiger partial charge < -0.3 is 10.6 Å². The molecule has 0 radical (unpaired) electrons. The van der Waals surface area contributed by atoms with Crippen molar-refractivity contribution in [2.75, 3.05) is 16.4 Å². The van der Waals surface area contributed by atoms with E-state index in [1.54, 1.807) is 11.8 Å². The lowest BCUT2D eigenvalue weighted by Gasteiger charge is -2.36. The van der Waals surface area contributed by atoms with Gasteiger partial charge in [0, 0.05) is 16.9 Å². The average molecular weight is 394 g/mol. The van der Waals surface area contributed by atoms with E-state index >= 15 is 0 Å². The first kappa shape index (κ1) is 19.1. The Bertz CT molecular complexity index is 885. The maximum absolute atomic E-state index is 12.5. The highest BCUT2D eigenvalue weighted by Gasteiger charge is 2.35. The molecule has 1 aliphatic carbocycles. The van der Waals surface area contributed by atoms with Crippen molar-refractivity contribution in [3.8, 4) is 0 Å². The van der Waals surface area contributed by atoms with E-state index in [2.05, 4.69) is 28.8 Å². The van der Waals surface area contributed by atoms with Gasteiger partial charge in [-0.1, -0.05) is 61.0 Å². The molecule has 0 atom stereocenters. The third kappa shape index (κ3) is 4.25. The van der Waals surface area contributed by atoms with Gasteiger partial charge in [-0.25, -0.2) is 4.99 Å². The third-order valence-electron chi connectivity index (χ3n) is 5.53. The van der Waals surface area contributed by atoms with Crippen molar-refractivity contribution in [1.82, 2.24) is 0 Å². The van der Waals surface area contributed by atoms with E-state index in [1.807, 2.05) is 37.3 Å². The molecule has 0 unspecified atom stereocenters. The van der Waals surface area contributed by atoms with Crippen LogP contribution in [0.5, 0.6) is 0 Å². The molecule has 1 fully saturated rings. The molecule has 28 heavy (non-hydrogen) atoms. The van der Waals surface area contributed by atoms with Crippen LogP contribution in [-0.4, -0.2) is 22.4 Å². The van der Waals surface area contributed by atoms with Gasteiger partial charge in [0.05, 0.1) is 5.75 Å². The summed E-state index contributed by atoms with van der Waals surface area (Å²) < 4.78 is 0. The summed E-state index contributed by atoms with van der Waals surface area (Å²) in [6, 6.07) is 16.2. The molecule has 2 N–H and O–H groups in total. The monoisotopic (exact) mass is 393 g/mol. The lowest BCUT2D eigenvalue weighted by atomic mass is 9.97. The molecule has 5 heteroatoms. The number of para-hydroxylation sites is 2. The van der Waals surface area contributed by atoms with Crippen molar-refractivity contribution < 1.29 is 4.79 Å². The largest absolute Gasteiger partial charge is 0.361 e. The first-order chi connectivity index (χ1) is 13.7. The minimum atomic E-state index is -0.209. The van der Waals surface area contributed by atoms with Gasteiger partial charge in [0.25, 0.3) is 0 Å². The molecule has 1 amide bonds. The number of aryl methyl sites for hydroxylation is 1. The molecule has 2 aromatic rings. The molecule has 0 bridgehead atoms. The zero-order chi connectivity index (χ0) is 19.4. The average Bonchev–Trinajstić information content (AvgIpc) is 2.93. The second-order valence-corrected chi connectivity index (χ2v) is 8.65. The number of fused-ring (bicyclic) bond motifs is 1. The lowest BCUT2D eigenvalue weighted by Crippen LogP contribution is -2.40. The Morgan fingerprint density at radius 1 is 1.07 bits per heavy atom. The fourth-order valence-corrected chi connectivity index (χ4v) is 4.92. The molecule has 1 spiro atoms. The quantitative estimate of drug-likeness (QED) is 0.715. The second kappa shape index (κ2) is 8.39. The Labute approximate surface area is 171 Å². The van der Waals surface area contributed by atoms with E-state index in [1.165, 1.54) is 25.7 Å². The van der Waals surface area contributed by atoms with Gasteiger partial charge in [-0.2, -0.15) is 0 Å². The molecule has 146 valence electrons. The number of benzene rings is 2. The van der Waals surface area contributed by atoms with Crippen molar-refractivity contribution in [2.45, 2.75) is 51.1 Å². The lowest BCUT2D eigenvalue weighted by molar-refractivity contribution is -0.113. The number of carbonyl (C=O) groups is 1. The van der Waals surface area contributed by atoms with Gasteiger partial charge in [0.15, 0.2) is 0 Å². The third-order valence-corrected chi connectivity index (χ3v) is 6.52. The summed E-state index contributed by atoms with van der Waals surface area (Å²) in [5.74, 6) is 0.366. The van der Waals surface area contributed by atoms with Crippen LogP contribution in [0.15, 0.2) is 53.5 Å². The van der Waals surface area contributed by atoms with Crippen LogP contribution in [0.1, 0.15) is 49.7 Å². The number of hydrogen-bond donors (Lipinski definition) is 2. The standard InChI is InChI=1S/C23H27N3OS/c1-17-10-4-6-12-19(17)24-21(27)16-28-22-18-11-5-7-13-20(18)25-23(26-22)14-8-2-3-9-15-23/h4-7,10-13,25H,2-3,8-9,14-16H2,1H3,(H,24,27). The molecular formula is C23H27N3OS. The van der Waals surface area contributed by atoms with Crippen LogP contribution in [0.25, 0.3) is 0 Å². The van der Waals surface area contributed by atoms with Crippen LogP contribution in [0.4, 0.5) is 11.4 Å². The first-order valence-corrected chi connectivity index (χ1v) is 11.1. The van der Waals surface area contributed by atoms with E-state index in [0.717, 1.165) is 40.4 Å². The normalized spacial score (nSPS) is 17.8. The maximum atomic E-state index is 12.5. The van der Waals surface area contributed by atoms with Gasteiger partial charge in [-0.3, -0.25) is 4.79 Å². The topological polar surface area (TPSA) is 53.5 Å². The smallest absolute Gasteiger partial charge is 0.234 e. The molecule has 1 aliphatic heterocycles. The highest BCUT2D eigenvalue weighted by Crippen LogP contribution is 2.39. The summed E-state index contributed by atoms with van der Waals surface area (Å²) >= 11 is 1.55. The minimum absolute atomic E-state index is 0.00734. The maximum Gasteiger partial charge on any atom is 0.234 e.